The number of rotatable bonds is 5. The zero-order valence-electron chi connectivity index (χ0n) is 16.4. The van der Waals surface area contributed by atoms with Crippen molar-refractivity contribution in [3.63, 3.8) is 0 Å². The van der Waals surface area contributed by atoms with Crippen LogP contribution in [0.1, 0.15) is 28.8 Å². The standard InChI is InChI=1S/C23H26N2O3/c1-27-21-13-18-19(15-24-20(18)14-22(21)28-2)23(26)25-10-8-17(9-11-25)12-16-6-4-3-5-7-16/h3-7,13-15,17,24H,8-12H2,1-2H3. The third-order valence-corrected chi connectivity index (χ3v) is 5.69. The molecule has 1 saturated heterocycles. The van der Waals surface area contributed by atoms with Gasteiger partial charge in [0.1, 0.15) is 0 Å². The van der Waals surface area contributed by atoms with E-state index in [-0.39, 0.29) is 5.91 Å². The molecule has 0 radical (unpaired) electrons. The summed E-state index contributed by atoms with van der Waals surface area (Å²) in [5.74, 6) is 2.00. The first-order chi connectivity index (χ1) is 13.7. The second kappa shape index (κ2) is 7.97. The molecule has 0 saturated carbocycles. The maximum Gasteiger partial charge on any atom is 0.256 e. The second-order valence-electron chi connectivity index (χ2n) is 7.38. The number of ether oxygens (including phenoxy) is 2. The molecule has 5 nitrogen and oxygen atoms in total. The lowest BCUT2D eigenvalue weighted by Gasteiger charge is -2.32. The van der Waals surface area contributed by atoms with E-state index in [9.17, 15) is 4.79 Å². The molecule has 28 heavy (non-hydrogen) atoms. The summed E-state index contributed by atoms with van der Waals surface area (Å²) in [4.78, 5) is 18.3. The molecule has 0 bridgehead atoms. The number of carbonyl (C=O) groups is 1. The van der Waals surface area contributed by atoms with Gasteiger partial charge in [0, 0.05) is 30.7 Å². The molecule has 0 spiro atoms. The van der Waals surface area contributed by atoms with Gasteiger partial charge < -0.3 is 19.4 Å². The Hall–Kier alpha value is -2.95. The highest BCUT2D eigenvalue weighted by Crippen LogP contribution is 2.34. The predicted octanol–water partition coefficient (Wildman–Crippen LogP) is 4.28. The van der Waals surface area contributed by atoms with Gasteiger partial charge in [-0.2, -0.15) is 0 Å². The first kappa shape index (κ1) is 18.4. The van der Waals surface area contributed by atoms with Gasteiger partial charge in [0.2, 0.25) is 0 Å². The Bertz CT molecular complexity index is 957. The van der Waals surface area contributed by atoms with Crippen LogP contribution in [0.2, 0.25) is 0 Å². The summed E-state index contributed by atoms with van der Waals surface area (Å²) in [5.41, 5.74) is 2.95. The van der Waals surface area contributed by atoms with Crippen LogP contribution in [0, 0.1) is 5.92 Å². The minimum atomic E-state index is 0.0802. The number of piperidine rings is 1. The van der Waals surface area contributed by atoms with Gasteiger partial charge in [-0.05, 0) is 36.8 Å². The molecule has 1 fully saturated rings. The quantitative estimate of drug-likeness (QED) is 0.721. The van der Waals surface area contributed by atoms with Crippen LogP contribution in [-0.4, -0.2) is 43.1 Å². The molecule has 0 unspecified atom stereocenters. The number of nitrogens with one attached hydrogen (secondary N) is 1. The summed E-state index contributed by atoms with van der Waals surface area (Å²) in [7, 11) is 3.22. The molecule has 1 amide bonds. The van der Waals surface area contributed by atoms with E-state index in [0.717, 1.165) is 43.3 Å². The van der Waals surface area contributed by atoms with Gasteiger partial charge in [0.15, 0.2) is 11.5 Å². The van der Waals surface area contributed by atoms with Crippen LogP contribution in [0.5, 0.6) is 11.5 Å². The summed E-state index contributed by atoms with van der Waals surface area (Å²) in [6.45, 7) is 1.60. The smallest absolute Gasteiger partial charge is 0.256 e. The maximum atomic E-state index is 13.1. The number of aromatic nitrogens is 1. The van der Waals surface area contributed by atoms with E-state index < -0.39 is 0 Å². The second-order valence-corrected chi connectivity index (χ2v) is 7.38. The van der Waals surface area contributed by atoms with Crippen molar-refractivity contribution in [3.8, 4) is 11.5 Å². The molecule has 0 aliphatic carbocycles. The highest BCUT2D eigenvalue weighted by atomic mass is 16.5. The van der Waals surface area contributed by atoms with Gasteiger partial charge in [0.25, 0.3) is 5.91 Å². The average Bonchev–Trinajstić information content (AvgIpc) is 3.16. The number of likely N-dealkylation sites (tertiary alicyclic amines) is 1. The number of hydrogen-bond donors (Lipinski definition) is 1. The predicted molar refractivity (Wildman–Crippen MR) is 110 cm³/mol. The fourth-order valence-electron chi connectivity index (χ4n) is 4.08. The largest absolute Gasteiger partial charge is 0.493 e. The third-order valence-electron chi connectivity index (χ3n) is 5.69. The molecule has 0 atom stereocenters. The minimum Gasteiger partial charge on any atom is -0.493 e. The van der Waals surface area contributed by atoms with Crippen LogP contribution >= 0.6 is 0 Å². The molecular weight excluding hydrogens is 352 g/mol. The van der Waals surface area contributed by atoms with Gasteiger partial charge in [-0.1, -0.05) is 30.3 Å². The molecule has 1 aliphatic heterocycles. The number of nitrogens with zero attached hydrogens (tertiary/aromatic N) is 1. The Balaban J connectivity index is 1.47. The molecule has 2 aromatic carbocycles. The normalized spacial score (nSPS) is 15.0. The van der Waals surface area contributed by atoms with Crippen LogP contribution in [0.25, 0.3) is 10.9 Å². The lowest BCUT2D eigenvalue weighted by atomic mass is 9.90. The van der Waals surface area contributed by atoms with Crippen LogP contribution < -0.4 is 9.47 Å². The number of carbonyl (C=O) groups excluding carboxylic acids is 1. The van der Waals surface area contributed by atoms with Crippen molar-refractivity contribution in [2.24, 2.45) is 5.92 Å². The highest BCUT2D eigenvalue weighted by Gasteiger charge is 2.26. The van der Waals surface area contributed by atoms with E-state index in [1.807, 2.05) is 17.0 Å². The molecule has 1 aliphatic rings. The SMILES string of the molecule is COc1cc2[nH]cc(C(=O)N3CCC(Cc4ccccc4)CC3)c2cc1OC. The highest BCUT2D eigenvalue weighted by molar-refractivity contribution is 6.07. The molecule has 5 heteroatoms. The van der Waals surface area contributed by atoms with Crippen molar-refractivity contribution in [2.75, 3.05) is 27.3 Å². The van der Waals surface area contributed by atoms with E-state index in [1.165, 1.54) is 5.56 Å². The fourth-order valence-corrected chi connectivity index (χ4v) is 4.08. The summed E-state index contributed by atoms with van der Waals surface area (Å²) < 4.78 is 10.8. The number of fused-ring (bicyclic) bond motifs is 1. The van der Waals surface area contributed by atoms with E-state index >= 15 is 0 Å². The van der Waals surface area contributed by atoms with Crippen molar-refractivity contribution >= 4 is 16.8 Å². The van der Waals surface area contributed by atoms with Gasteiger partial charge in [-0.3, -0.25) is 4.79 Å². The van der Waals surface area contributed by atoms with Gasteiger partial charge in [0.05, 0.1) is 25.3 Å². The third kappa shape index (κ3) is 3.57. The zero-order chi connectivity index (χ0) is 19.5. The van der Waals surface area contributed by atoms with E-state index in [0.29, 0.717) is 23.0 Å². The summed E-state index contributed by atoms with van der Waals surface area (Å²) in [6, 6.07) is 14.4. The Kier molecular flexibility index (Phi) is 5.24. The lowest BCUT2D eigenvalue weighted by Crippen LogP contribution is -2.38. The number of benzene rings is 2. The van der Waals surface area contributed by atoms with Crippen LogP contribution in [0.3, 0.4) is 0 Å². The molecule has 146 valence electrons. The van der Waals surface area contributed by atoms with Crippen molar-refractivity contribution in [3.05, 3.63) is 59.8 Å². The Labute approximate surface area is 165 Å². The molecule has 1 N–H and O–H groups in total. The first-order valence-electron chi connectivity index (χ1n) is 9.76. The van der Waals surface area contributed by atoms with Crippen molar-refractivity contribution in [1.29, 1.82) is 0 Å². The number of amides is 1. The number of hydrogen-bond acceptors (Lipinski definition) is 3. The first-order valence-corrected chi connectivity index (χ1v) is 9.76. The summed E-state index contributed by atoms with van der Waals surface area (Å²) in [5, 5.41) is 0.869. The number of H-pyrrole nitrogens is 1. The fraction of sp³-hybridized carbons (Fsp3) is 0.348. The zero-order valence-corrected chi connectivity index (χ0v) is 16.4. The Morgan fingerprint density at radius 2 is 1.75 bits per heavy atom. The average molecular weight is 378 g/mol. The maximum absolute atomic E-state index is 13.1. The molecule has 2 heterocycles. The van der Waals surface area contributed by atoms with Gasteiger partial charge in [-0.15, -0.1) is 0 Å². The summed E-state index contributed by atoms with van der Waals surface area (Å²) >= 11 is 0. The number of methoxy groups -OCH3 is 2. The molecule has 4 rings (SSSR count). The molecule has 1 aromatic heterocycles. The van der Waals surface area contributed by atoms with Gasteiger partial charge >= 0.3 is 0 Å². The summed E-state index contributed by atoms with van der Waals surface area (Å²) in [6.07, 6.45) is 4.97. The van der Waals surface area contributed by atoms with Crippen molar-refractivity contribution < 1.29 is 14.3 Å². The van der Waals surface area contributed by atoms with Gasteiger partial charge in [-0.25, -0.2) is 0 Å². The van der Waals surface area contributed by atoms with Crippen LogP contribution in [0.4, 0.5) is 0 Å². The molecule has 3 aromatic rings. The van der Waals surface area contributed by atoms with Crippen molar-refractivity contribution in [2.45, 2.75) is 19.3 Å². The number of aromatic amines is 1. The minimum absolute atomic E-state index is 0.0802. The van der Waals surface area contributed by atoms with E-state index in [2.05, 4.69) is 35.3 Å². The monoisotopic (exact) mass is 378 g/mol. The van der Waals surface area contributed by atoms with Crippen molar-refractivity contribution in [1.82, 2.24) is 9.88 Å². The van der Waals surface area contributed by atoms with Crippen LogP contribution in [-0.2, 0) is 6.42 Å². The molecular formula is C23H26N2O3. The Morgan fingerprint density at radius 1 is 1.07 bits per heavy atom. The van der Waals surface area contributed by atoms with E-state index in [1.54, 1.807) is 20.4 Å². The van der Waals surface area contributed by atoms with E-state index in [4.69, 9.17) is 9.47 Å². The lowest BCUT2D eigenvalue weighted by molar-refractivity contribution is 0.0692. The topological polar surface area (TPSA) is 54.6 Å². The van der Waals surface area contributed by atoms with Crippen LogP contribution in [0.15, 0.2) is 48.7 Å². The Morgan fingerprint density at radius 3 is 2.43 bits per heavy atom.